The van der Waals surface area contributed by atoms with Crippen molar-refractivity contribution in [2.45, 2.75) is 86.7 Å². The number of ether oxygens (including phenoxy) is 2. The van der Waals surface area contributed by atoms with Crippen molar-refractivity contribution < 1.29 is 32.5 Å². The lowest BCUT2D eigenvalue weighted by Crippen LogP contribution is -2.78. The molecule has 49 heavy (non-hydrogen) atoms. The fourth-order valence-corrected chi connectivity index (χ4v) is 9.54. The minimum atomic E-state index is -4.48. The third kappa shape index (κ3) is 5.44. The van der Waals surface area contributed by atoms with Crippen LogP contribution in [0.25, 0.3) is 6.08 Å². The van der Waals surface area contributed by atoms with Gasteiger partial charge in [-0.05, 0) is 105 Å². The van der Waals surface area contributed by atoms with Gasteiger partial charge in [-0.3, -0.25) is 9.69 Å². The summed E-state index contributed by atoms with van der Waals surface area (Å²) in [5.74, 6) is 1.73. The largest absolute Gasteiger partial charge is 0.493 e. The average Bonchev–Trinajstić information content (AvgIpc) is 3.84. The molecular formula is C40H43F3N2O4. The SMILES string of the molecule is COc1ccc2c3c1O[C@H]1[C@@H](N(CCCc4ccccc4)C(=O)C=Cc4cccc(C(F)(F)F)c4)CC[C@@]4(O)[C@@H](C2)N(CC2CC2)CC[C@]314. The Morgan fingerprint density at radius 2 is 1.90 bits per heavy atom. The Bertz CT molecular complexity index is 1760. The molecule has 3 aromatic carbocycles. The molecular weight excluding hydrogens is 629 g/mol. The van der Waals surface area contributed by atoms with E-state index in [9.17, 15) is 23.1 Å². The molecule has 2 saturated carbocycles. The Morgan fingerprint density at radius 3 is 2.65 bits per heavy atom. The molecule has 1 saturated heterocycles. The zero-order valence-electron chi connectivity index (χ0n) is 27.8. The van der Waals surface area contributed by atoms with Crippen LogP contribution in [0.4, 0.5) is 13.2 Å². The predicted octanol–water partition coefficient (Wildman–Crippen LogP) is 6.82. The number of benzene rings is 3. The van der Waals surface area contributed by atoms with Gasteiger partial charge < -0.3 is 19.5 Å². The summed E-state index contributed by atoms with van der Waals surface area (Å²) in [6, 6.07) is 18.8. The highest BCUT2D eigenvalue weighted by molar-refractivity contribution is 5.92. The van der Waals surface area contributed by atoms with Crippen molar-refractivity contribution in [1.82, 2.24) is 9.80 Å². The number of carbonyl (C=O) groups is 1. The van der Waals surface area contributed by atoms with Crippen molar-refractivity contribution in [3.63, 3.8) is 0 Å². The molecule has 3 aliphatic carbocycles. The van der Waals surface area contributed by atoms with E-state index < -0.39 is 28.9 Å². The van der Waals surface area contributed by atoms with Crippen LogP contribution in [0.2, 0.25) is 0 Å². The zero-order chi connectivity index (χ0) is 34.0. The third-order valence-electron chi connectivity index (χ3n) is 12.0. The second-order valence-electron chi connectivity index (χ2n) is 14.7. The van der Waals surface area contributed by atoms with Gasteiger partial charge in [0.1, 0.15) is 6.10 Å². The Hall–Kier alpha value is -3.82. The van der Waals surface area contributed by atoms with Gasteiger partial charge in [0.15, 0.2) is 11.5 Å². The van der Waals surface area contributed by atoms with E-state index >= 15 is 0 Å². The van der Waals surface area contributed by atoms with E-state index in [1.165, 1.54) is 42.2 Å². The summed E-state index contributed by atoms with van der Waals surface area (Å²) in [5.41, 5.74) is 1.21. The average molecular weight is 673 g/mol. The first-order chi connectivity index (χ1) is 23.6. The smallest absolute Gasteiger partial charge is 0.416 e. The molecule has 0 radical (unpaired) electrons. The molecule has 2 aliphatic heterocycles. The summed E-state index contributed by atoms with van der Waals surface area (Å²) in [6.07, 6.45) is 4.39. The second-order valence-corrected chi connectivity index (χ2v) is 14.7. The number of likely N-dealkylation sites (tertiary alicyclic amines) is 1. The number of aryl methyl sites for hydroxylation is 1. The molecule has 1 spiro atoms. The first kappa shape index (κ1) is 32.4. The van der Waals surface area contributed by atoms with Gasteiger partial charge in [-0.2, -0.15) is 13.2 Å². The van der Waals surface area contributed by atoms with Crippen molar-refractivity contribution in [1.29, 1.82) is 0 Å². The summed E-state index contributed by atoms with van der Waals surface area (Å²) < 4.78 is 53.1. The van der Waals surface area contributed by atoms with E-state index in [1.54, 1.807) is 13.2 Å². The van der Waals surface area contributed by atoms with Crippen LogP contribution < -0.4 is 9.47 Å². The second kappa shape index (κ2) is 12.2. The summed E-state index contributed by atoms with van der Waals surface area (Å²) in [6.45, 7) is 2.29. The van der Waals surface area contributed by atoms with Crippen molar-refractivity contribution in [2.75, 3.05) is 26.7 Å². The molecule has 258 valence electrons. The Labute approximate surface area is 285 Å². The van der Waals surface area contributed by atoms with E-state index in [4.69, 9.17) is 9.47 Å². The number of aliphatic hydroxyl groups is 1. The minimum Gasteiger partial charge on any atom is -0.493 e. The van der Waals surface area contributed by atoms with E-state index in [0.717, 1.165) is 43.6 Å². The Morgan fingerprint density at radius 1 is 1.08 bits per heavy atom. The number of amides is 1. The van der Waals surface area contributed by atoms with Crippen molar-refractivity contribution in [3.8, 4) is 11.5 Å². The predicted molar refractivity (Wildman–Crippen MR) is 180 cm³/mol. The van der Waals surface area contributed by atoms with E-state index in [-0.39, 0.29) is 18.0 Å². The number of nitrogens with zero attached hydrogens (tertiary/aromatic N) is 2. The maximum atomic E-state index is 14.3. The number of rotatable bonds is 10. The fraction of sp³-hybridized carbons (Fsp3) is 0.475. The standard InChI is InChI=1S/C40H43F3N2O4/c1-48-32-16-15-29-24-33-39(47)19-18-31(37-38(39,35(29)36(32)49-37)20-22-44(33)25-28-12-13-28)45(21-6-10-26-7-3-2-4-8-26)34(46)17-14-27-9-5-11-30(23-27)40(41,42)43/h2-5,7-9,11,14-17,23,28,31,33,37,47H,6,10,12-13,18-22,24-25H2,1H3/t31-,33+,37-,38-,39+/m0/s1. The van der Waals surface area contributed by atoms with Crippen LogP contribution in [-0.4, -0.2) is 71.3 Å². The molecule has 1 amide bonds. The molecule has 9 heteroatoms. The summed E-state index contributed by atoms with van der Waals surface area (Å²) in [7, 11) is 1.63. The number of alkyl halides is 3. The molecule has 0 unspecified atom stereocenters. The van der Waals surface area contributed by atoms with Gasteiger partial charge in [-0.25, -0.2) is 0 Å². The molecule has 8 rings (SSSR count). The zero-order valence-corrected chi connectivity index (χ0v) is 27.8. The molecule has 2 heterocycles. The van der Waals surface area contributed by atoms with Crippen LogP contribution in [0.1, 0.15) is 66.3 Å². The van der Waals surface area contributed by atoms with Gasteiger partial charge in [0.2, 0.25) is 5.91 Å². The van der Waals surface area contributed by atoms with Crippen molar-refractivity contribution in [3.05, 3.63) is 101 Å². The Kier molecular flexibility index (Phi) is 8.06. The summed E-state index contributed by atoms with van der Waals surface area (Å²) >= 11 is 0. The van der Waals surface area contributed by atoms with Crippen LogP contribution in [0.15, 0.2) is 72.8 Å². The molecule has 3 fully saturated rings. The quantitative estimate of drug-likeness (QED) is 0.240. The first-order valence-electron chi connectivity index (χ1n) is 17.7. The van der Waals surface area contributed by atoms with Crippen LogP contribution in [-0.2, 0) is 29.2 Å². The molecule has 2 bridgehead atoms. The lowest BCUT2D eigenvalue weighted by atomic mass is 9.48. The molecule has 6 nitrogen and oxygen atoms in total. The van der Waals surface area contributed by atoms with Gasteiger partial charge in [-0.15, -0.1) is 0 Å². The molecule has 5 atom stereocenters. The summed E-state index contributed by atoms with van der Waals surface area (Å²) in [4.78, 5) is 18.7. The minimum absolute atomic E-state index is 0.0382. The van der Waals surface area contributed by atoms with Crippen LogP contribution >= 0.6 is 0 Å². The number of piperidine rings is 1. The highest BCUT2D eigenvalue weighted by Gasteiger charge is 2.73. The number of hydrogen-bond donors (Lipinski definition) is 1. The van der Waals surface area contributed by atoms with Crippen LogP contribution in [0, 0.1) is 5.92 Å². The third-order valence-corrected chi connectivity index (χ3v) is 12.0. The number of carbonyl (C=O) groups excluding carboxylic acids is 1. The summed E-state index contributed by atoms with van der Waals surface area (Å²) in [5, 5.41) is 13.0. The normalized spacial score (nSPS) is 28.6. The topological polar surface area (TPSA) is 62.2 Å². The maximum Gasteiger partial charge on any atom is 0.416 e. The lowest BCUT2D eigenvalue weighted by Gasteiger charge is -2.65. The van der Waals surface area contributed by atoms with Crippen molar-refractivity contribution >= 4 is 12.0 Å². The Balaban J connectivity index is 1.16. The van der Waals surface area contributed by atoms with E-state index in [2.05, 4.69) is 23.1 Å². The highest BCUT2D eigenvalue weighted by atomic mass is 19.4. The van der Waals surface area contributed by atoms with Gasteiger partial charge in [0.25, 0.3) is 0 Å². The maximum absolute atomic E-state index is 14.3. The van der Waals surface area contributed by atoms with Gasteiger partial charge in [0, 0.05) is 30.8 Å². The molecule has 1 N–H and O–H groups in total. The number of hydrogen-bond acceptors (Lipinski definition) is 5. The molecule has 3 aromatic rings. The van der Waals surface area contributed by atoms with Crippen LogP contribution in [0.5, 0.6) is 11.5 Å². The lowest BCUT2D eigenvalue weighted by molar-refractivity contribution is -0.201. The van der Waals surface area contributed by atoms with Gasteiger partial charge in [0.05, 0.1) is 29.7 Å². The van der Waals surface area contributed by atoms with E-state index in [0.29, 0.717) is 55.2 Å². The number of methoxy groups -OCH3 is 1. The first-order valence-corrected chi connectivity index (χ1v) is 17.7. The number of halogens is 3. The highest BCUT2D eigenvalue weighted by Crippen LogP contribution is 2.66. The van der Waals surface area contributed by atoms with Crippen molar-refractivity contribution in [2.24, 2.45) is 5.92 Å². The van der Waals surface area contributed by atoms with Crippen LogP contribution in [0.3, 0.4) is 0 Å². The molecule has 0 aromatic heterocycles. The van der Waals surface area contributed by atoms with E-state index in [1.807, 2.05) is 29.2 Å². The molecule has 5 aliphatic rings. The monoisotopic (exact) mass is 672 g/mol. The fourth-order valence-electron chi connectivity index (χ4n) is 9.54. The van der Waals surface area contributed by atoms with Gasteiger partial charge in [-0.1, -0.05) is 48.5 Å². The van der Waals surface area contributed by atoms with Gasteiger partial charge >= 0.3 is 6.18 Å².